The topological polar surface area (TPSA) is 44.8 Å². The van der Waals surface area contributed by atoms with Crippen LogP contribution in [0.5, 0.6) is 5.75 Å². The molecular formula is C25H31FO4. The van der Waals surface area contributed by atoms with Crippen LogP contribution in [0.1, 0.15) is 73.7 Å². The highest BCUT2D eigenvalue weighted by Crippen LogP contribution is 2.29. The number of carbonyl (C=O) groups excluding carboxylic acids is 1. The SMILES string of the molecule is CCCCCc1ccc(OC(=O)c2ccc(C3OCC(CCC)CO3)c(F)c2)cc1. The van der Waals surface area contributed by atoms with Crippen molar-refractivity contribution in [3.05, 3.63) is 65.0 Å². The first-order valence-corrected chi connectivity index (χ1v) is 10.9. The van der Waals surface area contributed by atoms with Crippen molar-refractivity contribution in [2.45, 2.75) is 58.7 Å². The van der Waals surface area contributed by atoms with Gasteiger partial charge in [-0.2, -0.15) is 0 Å². The van der Waals surface area contributed by atoms with Gasteiger partial charge in [-0.3, -0.25) is 0 Å². The van der Waals surface area contributed by atoms with Gasteiger partial charge in [0.15, 0.2) is 6.29 Å². The van der Waals surface area contributed by atoms with E-state index in [1.54, 1.807) is 18.2 Å². The van der Waals surface area contributed by atoms with Crippen LogP contribution in [0.15, 0.2) is 42.5 Å². The van der Waals surface area contributed by atoms with E-state index in [4.69, 9.17) is 14.2 Å². The summed E-state index contributed by atoms with van der Waals surface area (Å²) < 4.78 is 31.4. The Morgan fingerprint density at radius 1 is 1.03 bits per heavy atom. The van der Waals surface area contributed by atoms with Crippen molar-refractivity contribution in [3.63, 3.8) is 0 Å². The fraction of sp³-hybridized carbons (Fsp3) is 0.480. The molecule has 4 nitrogen and oxygen atoms in total. The average molecular weight is 415 g/mol. The van der Waals surface area contributed by atoms with E-state index < -0.39 is 18.1 Å². The molecule has 0 saturated carbocycles. The molecule has 0 amide bonds. The van der Waals surface area contributed by atoms with Crippen molar-refractivity contribution in [1.29, 1.82) is 0 Å². The second-order valence-corrected chi connectivity index (χ2v) is 7.88. The third-order valence-corrected chi connectivity index (χ3v) is 5.36. The Kier molecular flexibility index (Phi) is 8.40. The zero-order valence-corrected chi connectivity index (χ0v) is 17.9. The lowest BCUT2D eigenvalue weighted by atomic mass is 10.0. The summed E-state index contributed by atoms with van der Waals surface area (Å²) >= 11 is 0. The molecule has 5 heteroatoms. The van der Waals surface area contributed by atoms with Gasteiger partial charge in [-0.1, -0.05) is 51.3 Å². The molecule has 1 aliphatic heterocycles. The molecule has 0 unspecified atom stereocenters. The minimum Gasteiger partial charge on any atom is -0.423 e. The predicted molar refractivity (Wildman–Crippen MR) is 114 cm³/mol. The average Bonchev–Trinajstić information content (AvgIpc) is 2.76. The van der Waals surface area contributed by atoms with Crippen molar-refractivity contribution in [2.75, 3.05) is 13.2 Å². The van der Waals surface area contributed by atoms with E-state index in [0.29, 0.717) is 30.4 Å². The third-order valence-electron chi connectivity index (χ3n) is 5.36. The summed E-state index contributed by atoms with van der Waals surface area (Å²) in [4.78, 5) is 12.4. The maximum absolute atomic E-state index is 14.6. The van der Waals surface area contributed by atoms with Crippen LogP contribution in [0, 0.1) is 11.7 Å². The Morgan fingerprint density at radius 2 is 1.77 bits per heavy atom. The van der Waals surface area contributed by atoms with Crippen LogP contribution >= 0.6 is 0 Å². The van der Waals surface area contributed by atoms with Crippen LogP contribution < -0.4 is 4.74 Å². The van der Waals surface area contributed by atoms with E-state index in [0.717, 1.165) is 25.7 Å². The van der Waals surface area contributed by atoms with Crippen LogP contribution in [0.2, 0.25) is 0 Å². The molecule has 1 fully saturated rings. The molecule has 0 bridgehead atoms. The number of unbranched alkanes of at least 4 members (excludes halogenated alkanes) is 2. The summed E-state index contributed by atoms with van der Waals surface area (Å²) in [5.41, 5.74) is 1.67. The van der Waals surface area contributed by atoms with Gasteiger partial charge in [0.1, 0.15) is 11.6 Å². The van der Waals surface area contributed by atoms with E-state index >= 15 is 0 Å². The van der Waals surface area contributed by atoms with Crippen LogP contribution in [0.4, 0.5) is 4.39 Å². The summed E-state index contributed by atoms with van der Waals surface area (Å²) in [5.74, 6) is -0.325. The largest absolute Gasteiger partial charge is 0.423 e. The minimum atomic E-state index is -0.733. The molecule has 2 aromatic carbocycles. The number of carbonyl (C=O) groups is 1. The highest BCUT2D eigenvalue weighted by Gasteiger charge is 2.26. The van der Waals surface area contributed by atoms with Gasteiger partial charge in [-0.15, -0.1) is 0 Å². The number of benzene rings is 2. The van der Waals surface area contributed by atoms with E-state index in [1.807, 2.05) is 12.1 Å². The minimum absolute atomic E-state index is 0.156. The summed E-state index contributed by atoms with van der Waals surface area (Å²) in [6.45, 7) is 5.40. The molecular weight excluding hydrogens is 383 g/mol. The van der Waals surface area contributed by atoms with Crippen molar-refractivity contribution in [2.24, 2.45) is 5.92 Å². The van der Waals surface area contributed by atoms with Crippen molar-refractivity contribution >= 4 is 5.97 Å². The number of hydrogen-bond acceptors (Lipinski definition) is 4. The summed E-state index contributed by atoms with van der Waals surface area (Å²) in [5, 5.41) is 0. The van der Waals surface area contributed by atoms with Gasteiger partial charge < -0.3 is 14.2 Å². The quantitative estimate of drug-likeness (QED) is 0.277. The first kappa shape index (κ1) is 22.4. The molecule has 2 aromatic rings. The van der Waals surface area contributed by atoms with E-state index in [9.17, 15) is 9.18 Å². The van der Waals surface area contributed by atoms with Crippen LogP contribution in [-0.4, -0.2) is 19.2 Å². The summed E-state index contributed by atoms with van der Waals surface area (Å²) in [6.07, 6.45) is 5.91. The Labute approximate surface area is 178 Å². The fourth-order valence-corrected chi connectivity index (χ4v) is 3.61. The number of ether oxygens (including phenoxy) is 3. The van der Waals surface area contributed by atoms with Gasteiger partial charge in [0.2, 0.25) is 0 Å². The van der Waals surface area contributed by atoms with Gasteiger partial charge >= 0.3 is 5.97 Å². The molecule has 0 atom stereocenters. The Hall–Kier alpha value is -2.24. The van der Waals surface area contributed by atoms with E-state index in [1.165, 1.54) is 30.5 Å². The smallest absolute Gasteiger partial charge is 0.343 e. The van der Waals surface area contributed by atoms with Crippen LogP contribution in [0.25, 0.3) is 0 Å². The summed E-state index contributed by atoms with van der Waals surface area (Å²) in [7, 11) is 0. The van der Waals surface area contributed by atoms with Gasteiger partial charge in [0, 0.05) is 11.5 Å². The number of rotatable bonds is 9. The van der Waals surface area contributed by atoms with Gasteiger partial charge in [0.25, 0.3) is 0 Å². The van der Waals surface area contributed by atoms with Crippen LogP contribution in [-0.2, 0) is 15.9 Å². The molecule has 1 heterocycles. The lowest BCUT2D eigenvalue weighted by Crippen LogP contribution is -2.27. The normalized spacial score (nSPS) is 18.9. The summed E-state index contributed by atoms with van der Waals surface area (Å²) in [6, 6.07) is 11.7. The van der Waals surface area contributed by atoms with E-state index in [-0.39, 0.29) is 5.56 Å². The second-order valence-electron chi connectivity index (χ2n) is 7.88. The standard InChI is InChI=1S/C25H31FO4/c1-3-5-6-8-18-9-12-21(13-10-18)30-24(27)20-11-14-22(23(26)15-20)25-28-16-19(7-4-2)17-29-25/h9-15,19,25H,3-8,16-17H2,1-2H3. The molecule has 0 spiro atoms. The molecule has 162 valence electrons. The number of hydrogen-bond donors (Lipinski definition) is 0. The Morgan fingerprint density at radius 3 is 2.40 bits per heavy atom. The molecule has 0 aliphatic carbocycles. The molecule has 1 saturated heterocycles. The Bertz CT molecular complexity index is 810. The van der Waals surface area contributed by atoms with Crippen molar-refractivity contribution in [1.82, 2.24) is 0 Å². The zero-order valence-electron chi connectivity index (χ0n) is 17.9. The van der Waals surface area contributed by atoms with Crippen molar-refractivity contribution < 1.29 is 23.4 Å². The monoisotopic (exact) mass is 414 g/mol. The van der Waals surface area contributed by atoms with Gasteiger partial charge in [-0.25, -0.2) is 9.18 Å². The molecule has 0 aromatic heterocycles. The highest BCUT2D eigenvalue weighted by molar-refractivity contribution is 5.91. The zero-order chi connectivity index (χ0) is 21.3. The first-order chi connectivity index (χ1) is 14.6. The maximum atomic E-state index is 14.6. The maximum Gasteiger partial charge on any atom is 0.343 e. The lowest BCUT2D eigenvalue weighted by Gasteiger charge is -2.29. The Balaban J connectivity index is 1.57. The van der Waals surface area contributed by atoms with Gasteiger partial charge in [0.05, 0.1) is 18.8 Å². The van der Waals surface area contributed by atoms with E-state index in [2.05, 4.69) is 13.8 Å². The van der Waals surface area contributed by atoms with Crippen LogP contribution in [0.3, 0.4) is 0 Å². The molecule has 0 N–H and O–H groups in total. The first-order valence-electron chi connectivity index (χ1n) is 10.9. The van der Waals surface area contributed by atoms with Gasteiger partial charge in [-0.05, 0) is 49.1 Å². The molecule has 3 rings (SSSR count). The number of aryl methyl sites for hydroxylation is 1. The number of halogens is 1. The second kappa shape index (κ2) is 11.2. The predicted octanol–water partition coefficient (Wildman–Crippen LogP) is 6.24. The fourth-order valence-electron chi connectivity index (χ4n) is 3.61. The molecule has 1 aliphatic rings. The lowest BCUT2D eigenvalue weighted by molar-refractivity contribution is -0.207. The molecule has 0 radical (unpaired) electrons. The van der Waals surface area contributed by atoms with Crippen molar-refractivity contribution in [3.8, 4) is 5.75 Å². The number of esters is 1. The molecule has 30 heavy (non-hydrogen) atoms. The highest BCUT2D eigenvalue weighted by atomic mass is 19.1. The third kappa shape index (κ3) is 6.13.